The minimum atomic E-state index is -4.58. The average Bonchev–Trinajstić information content (AvgIpc) is 2.12. The highest BCUT2D eigenvalue weighted by Gasteiger charge is 2.51. The van der Waals surface area contributed by atoms with Gasteiger partial charge in [-0.05, 0) is 18.8 Å². The first-order chi connectivity index (χ1) is 7.46. The van der Waals surface area contributed by atoms with Crippen LogP contribution in [0.25, 0.3) is 0 Å². The van der Waals surface area contributed by atoms with E-state index in [0.717, 1.165) is 12.8 Å². The highest BCUT2D eigenvalue weighted by atomic mass is 28.4. The highest BCUT2D eigenvalue weighted by Crippen LogP contribution is 2.42. The molecule has 4 heteroatoms. The Bertz CT molecular complexity index is 236. The normalized spacial score (nSPS) is 17.3. The molecular formula is C13H28F2OSi. The molecule has 0 aromatic carbocycles. The summed E-state index contributed by atoms with van der Waals surface area (Å²) in [5.41, 5.74) is -1.66. The van der Waals surface area contributed by atoms with Crippen LogP contribution < -0.4 is 0 Å². The van der Waals surface area contributed by atoms with E-state index in [9.17, 15) is 8.22 Å². The second-order valence-corrected chi connectivity index (χ2v) is 8.89. The lowest BCUT2D eigenvalue weighted by molar-refractivity contribution is -0.0555. The molecule has 0 aromatic heterocycles. The van der Waals surface area contributed by atoms with Gasteiger partial charge >= 0.3 is 8.99 Å². The first-order valence-corrected chi connectivity index (χ1v) is 8.28. The molecule has 0 saturated carbocycles. The Morgan fingerprint density at radius 2 is 1.59 bits per heavy atom. The predicted molar refractivity (Wildman–Crippen MR) is 71.5 cm³/mol. The van der Waals surface area contributed by atoms with E-state index in [-0.39, 0.29) is 5.41 Å². The molecule has 1 unspecified atom stereocenters. The third-order valence-corrected chi connectivity index (χ3v) is 5.69. The second kappa shape index (κ2) is 5.78. The summed E-state index contributed by atoms with van der Waals surface area (Å²) in [6.45, 7) is 13.0. The van der Waals surface area contributed by atoms with Crippen molar-refractivity contribution in [2.45, 2.75) is 78.9 Å². The molecule has 0 spiro atoms. The average molecular weight is 266 g/mol. The van der Waals surface area contributed by atoms with Crippen LogP contribution in [0.4, 0.5) is 8.22 Å². The van der Waals surface area contributed by atoms with Crippen molar-refractivity contribution in [3.63, 3.8) is 0 Å². The van der Waals surface area contributed by atoms with Gasteiger partial charge in [-0.15, -0.1) is 0 Å². The Labute approximate surface area is 106 Å². The van der Waals surface area contributed by atoms with E-state index < -0.39 is 20.1 Å². The molecule has 0 heterocycles. The van der Waals surface area contributed by atoms with Gasteiger partial charge in [0.15, 0.2) is 0 Å². The molecule has 0 aromatic rings. The van der Waals surface area contributed by atoms with Crippen LogP contribution in [-0.4, -0.2) is 14.6 Å². The van der Waals surface area contributed by atoms with Crippen LogP contribution >= 0.6 is 0 Å². The van der Waals surface area contributed by atoms with Crippen LogP contribution in [0.2, 0.25) is 5.54 Å². The van der Waals surface area contributed by atoms with Gasteiger partial charge in [-0.2, -0.15) is 0 Å². The third kappa shape index (κ3) is 4.66. The largest absolute Gasteiger partial charge is 0.580 e. The Balaban J connectivity index is 4.95. The maximum absolute atomic E-state index is 13.9. The van der Waals surface area contributed by atoms with Gasteiger partial charge < -0.3 is 4.43 Å². The summed E-state index contributed by atoms with van der Waals surface area (Å²) in [5.74, 6) is 0. The van der Waals surface area contributed by atoms with Crippen molar-refractivity contribution in [3.05, 3.63) is 0 Å². The summed E-state index contributed by atoms with van der Waals surface area (Å²) in [6.07, 6.45) is 2.63. The van der Waals surface area contributed by atoms with Crippen molar-refractivity contribution in [1.82, 2.24) is 0 Å². The van der Waals surface area contributed by atoms with Crippen LogP contribution in [0.3, 0.4) is 0 Å². The summed E-state index contributed by atoms with van der Waals surface area (Å²) in [6, 6.07) is 0. The third-order valence-electron chi connectivity index (χ3n) is 3.63. The van der Waals surface area contributed by atoms with Gasteiger partial charge in [0.1, 0.15) is 0 Å². The van der Waals surface area contributed by atoms with Crippen molar-refractivity contribution in [1.29, 1.82) is 0 Å². The van der Waals surface area contributed by atoms with Crippen LogP contribution in [-0.2, 0) is 4.43 Å². The molecule has 0 saturated heterocycles. The van der Waals surface area contributed by atoms with Gasteiger partial charge in [0.05, 0.1) is 5.60 Å². The number of rotatable bonds is 6. The van der Waals surface area contributed by atoms with E-state index in [1.807, 2.05) is 27.7 Å². The molecule has 1 atom stereocenters. The summed E-state index contributed by atoms with van der Waals surface area (Å²) < 4.78 is 33.2. The zero-order valence-electron chi connectivity index (χ0n) is 12.4. The standard InChI is InChI=1S/C13H28F2OSi/c1-8-9-10-13(7,12(4,5)6)16-17(14,15)11(2)3/h11H,8-10H2,1-7H3. The first kappa shape index (κ1) is 17.0. The smallest absolute Gasteiger partial charge is 0.362 e. The molecule has 17 heavy (non-hydrogen) atoms. The fourth-order valence-electron chi connectivity index (χ4n) is 1.51. The molecule has 104 valence electrons. The molecule has 0 aliphatic carbocycles. The monoisotopic (exact) mass is 266 g/mol. The summed E-state index contributed by atoms with van der Waals surface area (Å²) >= 11 is 0. The number of unbranched alkanes of at least 4 members (excludes halogenated alkanes) is 1. The minimum Gasteiger partial charge on any atom is -0.362 e. The first-order valence-electron chi connectivity index (χ1n) is 6.54. The van der Waals surface area contributed by atoms with Crippen LogP contribution in [0, 0.1) is 5.41 Å². The minimum absolute atomic E-state index is 0.270. The molecule has 0 N–H and O–H groups in total. The van der Waals surface area contributed by atoms with Gasteiger partial charge in [-0.3, -0.25) is 0 Å². The number of hydrogen-bond donors (Lipinski definition) is 0. The van der Waals surface area contributed by atoms with Crippen molar-refractivity contribution in [3.8, 4) is 0 Å². The van der Waals surface area contributed by atoms with Gasteiger partial charge in [0.2, 0.25) is 0 Å². The van der Waals surface area contributed by atoms with Crippen LogP contribution in [0.5, 0.6) is 0 Å². The van der Waals surface area contributed by atoms with Crippen molar-refractivity contribution < 1.29 is 12.6 Å². The van der Waals surface area contributed by atoms with E-state index in [4.69, 9.17) is 4.43 Å². The summed E-state index contributed by atoms with van der Waals surface area (Å²) in [4.78, 5) is 0. The molecule has 0 aliphatic heterocycles. The zero-order chi connectivity index (χ0) is 13.9. The number of hydrogen-bond acceptors (Lipinski definition) is 1. The van der Waals surface area contributed by atoms with Crippen LogP contribution in [0.1, 0.15) is 67.7 Å². The van der Waals surface area contributed by atoms with Crippen molar-refractivity contribution >= 4 is 8.99 Å². The van der Waals surface area contributed by atoms with Gasteiger partial charge in [0, 0.05) is 5.54 Å². The molecular weight excluding hydrogens is 238 g/mol. The van der Waals surface area contributed by atoms with Crippen molar-refractivity contribution in [2.24, 2.45) is 5.41 Å². The lowest BCUT2D eigenvalue weighted by Gasteiger charge is -2.44. The molecule has 0 radical (unpaired) electrons. The number of halogens is 2. The van der Waals surface area contributed by atoms with Gasteiger partial charge in [-0.1, -0.05) is 54.4 Å². The SMILES string of the molecule is CCCCC(C)(O[Si](F)(F)C(C)C)C(C)(C)C. The van der Waals surface area contributed by atoms with E-state index >= 15 is 0 Å². The quantitative estimate of drug-likeness (QED) is 0.469. The Hall–Kier alpha value is 0.0369. The molecule has 1 nitrogen and oxygen atoms in total. The Kier molecular flexibility index (Phi) is 5.80. The van der Waals surface area contributed by atoms with E-state index in [0.29, 0.717) is 6.42 Å². The lowest BCUT2D eigenvalue weighted by atomic mass is 9.75. The lowest BCUT2D eigenvalue weighted by Crippen LogP contribution is -2.50. The molecule has 0 rings (SSSR count). The van der Waals surface area contributed by atoms with E-state index in [1.165, 1.54) is 0 Å². The molecule has 0 amide bonds. The van der Waals surface area contributed by atoms with Gasteiger partial charge in [-0.25, -0.2) is 8.22 Å². The Morgan fingerprint density at radius 3 is 1.88 bits per heavy atom. The van der Waals surface area contributed by atoms with Crippen molar-refractivity contribution in [2.75, 3.05) is 0 Å². The zero-order valence-corrected chi connectivity index (χ0v) is 13.4. The fourth-order valence-corrected chi connectivity index (χ4v) is 2.76. The maximum Gasteiger partial charge on any atom is 0.580 e. The molecule has 0 aliphatic rings. The summed E-state index contributed by atoms with van der Waals surface area (Å²) in [5, 5.41) is 0. The fraction of sp³-hybridized carbons (Fsp3) is 1.00. The Morgan fingerprint density at radius 1 is 1.12 bits per heavy atom. The highest BCUT2D eigenvalue weighted by molar-refractivity contribution is 6.60. The second-order valence-electron chi connectivity index (χ2n) is 6.40. The summed E-state index contributed by atoms with van der Waals surface area (Å²) in [7, 11) is -4.58. The van der Waals surface area contributed by atoms with E-state index in [1.54, 1.807) is 13.8 Å². The van der Waals surface area contributed by atoms with Gasteiger partial charge in [0.25, 0.3) is 0 Å². The predicted octanol–water partition coefficient (Wildman–Crippen LogP) is 5.29. The molecule has 0 fully saturated rings. The maximum atomic E-state index is 13.9. The van der Waals surface area contributed by atoms with Crippen LogP contribution in [0.15, 0.2) is 0 Å². The topological polar surface area (TPSA) is 9.23 Å². The molecule has 0 bridgehead atoms. The van der Waals surface area contributed by atoms with E-state index in [2.05, 4.69) is 6.92 Å².